The standard InChI is InChI=1S/C8H6IN3/c9-8-10-7(11-12-8)6-4-2-1-3-5-6/h1-5H,(H,10,11,12). The lowest BCUT2D eigenvalue weighted by Gasteiger charge is -1.90. The Morgan fingerprint density at radius 2 is 1.92 bits per heavy atom. The lowest BCUT2D eigenvalue weighted by Crippen LogP contribution is -1.78. The third-order valence-corrected chi connectivity index (χ3v) is 1.97. The van der Waals surface area contributed by atoms with Crippen LogP contribution in [-0.4, -0.2) is 15.2 Å². The van der Waals surface area contributed by atoms with Crippen LogP contribution in [-0.2, 0) is 0 Å². The van der Waals surface area contributed by atoms with Crippen LogP contribution in [0.5, 0.6) is 0 Å². The van der Waals surface area contributed by atoms with Crippen LogP contribution >= 0.6 is 22.6 Å². The number of benzene rings is 1. The van der Waals surface area contributed by atoms with E-state index >= 15 is 0 Å². The summed E-state index contributed by atoms with van der Waals surface area (Å²) >= 11 is 2.10. The molecular weight excluding hydrogens is 265 g/mol. The maximum Gasteiger partial charge on any atom is 0.187 e. The van der Waals surface area contributed by atoms with E-state index in [-0.39, 0.29) is 0 Å². The molecule has 12 heavy (non-hydrogen) atoms. The van der Waals surface area contributed by atoms with Gasteiger partial charge in [0.2, 0.25) is 0 Å². The minimum Gasteiger partial charge on any atom is -0.254 e. The van der Waals surface area contributed by atoms with Crippen LogP contribution in [0.15, 0.2) is 30.3 Å². The van der Waals surface area contributed by atoms with Crippen molar-refractivity contribution in [2.45, 2.75) is 0 Å². The number of halogens is 1. The molecule has 0 amide bonds. The van der Waals surface area contributed by atoms with Crippen LogP contribution < -0.4 is 0 Å². The summed E-state index contributed by atoms with van der Waals surface area (Å²) in [4.78, 5) is 4.20. The van der Waals surface area contributed by atoms with Crippen molar-refractivity contribution in [3.05, 3.63) is 34.2 Å². The van der Waals surface area contributed by atoms with Gasteiger partial charge in [0.1, 0.15) is 0 Å². The van der Waals surface area contributed by atoms with E-state index in [4.69, 9.17) is 0 Å². The number of hydrogen-bond acceptors (Lipinski definition) is 2. The first-order valence-corrected chi connectivity index (χ1v) is 4.57. The van der Waals surface area contributed by atoms with Crippen molar-refractivity contribution in [2.75, 3.05) is 0 Å². The normalized spacial score (nSPS) is 10.1. The lowest BCUT2D eigenvalue weighted by atomic mass is 10.2. The second-order valence-electron chi connectivity index (χ2n) is 2.32. The van der Waals surface area contributed by atoms with Gasteiger partial charge in [-0.1, -0.05) is 30.3 Å². The van der Waals surface area contributed by atoms with E-state index in [0.717, 1.165) is 15.2 Å². The highest BCUT2D eigenvalue weighted by atomic mass is 127. The molecule has 1 heterocycles. The molecule has 2 rings (SSSR count). The molecule has 2 aromatic rings. The Morgan fingerprint density at radius 1 is 1.17 bits per heavy atom. The predicted octanol–water partition coefficient (Wildman–Crippen LogP) is 2.08. The minimum atomic E-state index is 0.750. The molecule has 0 bridgehead atoms. The fraction of sp³-hybridized carbons (Fsp3) is 0. The zero-order valence-corrected chi connectivity index (χ0v) is 8.32. The Balaban J connectivity index is 2.45. The van der Waals surface area contributed by atoms with Gasteiger partial charge in [0.25, 0.3) is 0 Å². The van der Waals surface area contributed by atoms with Gasteiger partial charge in [-0.05, 0) is 0 Å². The van der Waals surface area contributed by atoms with E-state index in [1.807, 2.05) is 30.3 Å². The molecule has 0 aliphatic heterocycles. The summed E-state index contributed by atoms with van der Waals surface area (Å²) in [6.45, 7) is 0. The zero-order chi connectivity index (χ0) is 8.39. The third-order valence-electron chi connectivity index (χ3n) is 1.49. The van der Waals surface area contributed by atoms with Gasteiger partial charge in [-0.25, -0.2) is 4.98 Å². The molecule has 0 radical (unpaired) electrons. The van der Waals surface area contributed by atoms with Crippen LogP contribution in [0.1, 0.15) is 0 Å². The summed E-state index contributed by atoms with van der Waals surface area (Å²) < 4.78 is 0.812. The summed E-state index contributed by atoms with van der Waals surface area (Å²) in [5, 5.41) is 6.84. The summed E-state index contributed by atoms with van der Waals surface area (Å²) in [6.07, 6.45) is 0. The van der Waals surface area contributed by atoms with Crippen molar-refractivity contribution in [2.24, 2.45) is 0 Å². The molecule has 0 saturated carbocycles. The van der Waals surface area contributed by atoms with Crippen LogP contribution in [0.2, 0.25) is 0 Å². The quantitative estimate of drug-likeness (QED) is 0.807. The van der Waals surface area contributed by atoms with E-state index in [9.17, 15) is 0 Å². The maximum absolute atomic E-state index is 4.20. The minimum absolute atomic E-state index is 0.750. The molecule has 1 N–H and O–H groups in total. The van der Waals surface area contributed by atoms with E-state index in [0.29, 0.717) is 0 Å². The van der Waals surface area contributed by atoms with Gasteiger partial charge < -0.3 is 0 Å². The van der Waals surface area contributed by atoms with E-state index < -0.39 is 0 Å². The van der Waals surface area contributed by atoms with Crippen molar-refractivity contribution in [3.8, 4) is 11.4 Å². The molecule has 0 spiro atoms. The smallest absolute Gasteiger partial charge is 0.187 e. The van der Waals surface area contributed by atoms with Crippen molar-refractivity contribution >= 4 is 22.6 Å². The first-order chi connectivity index (χ1) is 5.86. The first-order valence-electron chi connectivity index (χ1n) is 3.49. The Bertz CT molecular complexity index is 369. The largest absolute Gasteiger partial charge is 0.254 e. The number of hydrogen-bond donors (Lipinski definition) is 1. The summed E-state index contributed by atoms with van der Waals surface area (Å²) in [5.74, 6) is 0.750. The molecule has 0 fully saturated rings. The fourth-order valence-corrected chi connectivity index (χ4v) is 1.31. The van der Waals surface area contributed by atoms with Gasteiger partial charge in [-0.2, -0.15) is 5.10 Å². The second kappa shape index (κ2) is 3.22. The maximum atomic E-state index is 4.20. The zero-order valence-electron chi connectivity index (χ0n) is 6.16. The predicted molar refractivity (Wildman–Crippen MR) is 54.5 cm³/mol. The highest BCUT2D eigenvalue weighted by molar-refractivity contribution is 14.1. The molecule has 3 nitrogen and oxygen atoms in total. The number of rotatable bonds is 1. The van der Waals surface area contributed by atoms with Gasteiger partial charge in [-0.15, -0.1) is 0 Å². The number of aromatic nitrogens is 3. The van der Waals surface area contributed by atoms with Gasteiger partial charge in [0.05, 0.1) is 0 Å². The first kappa shape index (κ1) is 7.72. The second-order valence-corrected chi connectivity index (χ2v) is 3.34. The topological polar surface area (TPSA) is 41.6 Å². The van der Waals surface area contributed by atoms with Gasteiger partial charge in [-0.3, -0.25) is 5.10 Å². The fourth-order valence-electron chi connectivity index (χ4n) is 0.958. The molecule has 60 valence electrons. The molecule has 0 atom stereocenters. The van der Waals surface area contributed by atoms with E-state index in [1.165, 1.54) is 0 Å². The highest BCUT2D eigenvalue weighted by Crippen LogP contribution is 2.13. The number of nitrogens with zero attached hydrogens (tertiary/aromatic N) is 2. The average Bonchev–Trinajstić information content (AvgIpc) is 2.54. The highest BCUT2D eigenvalue weighted by Gasteiger charge is 2.01. The van der Waals surface area contributed by atoms with Crippen LogP contribution in [0, 0.1) is 3.83 Å². The van der Waals surface area contributed by atoms with Crippen molar-refractivity contribution in [1.82, 2.24) is 15.2 Å². The molecule has 0 saturated heterocycles. The van der Waals surface area contributed by atoms with Crippen molar-refractivity contribution in [1.29, 1.82) is 0 Å². The molecule has 0 aliphatic carbocycles. The molecule has 1 aromatic heterocycles. The SMILES string of the molecule is Ic1nc(-c2ccccc2)n[nH]1. The number of aromatic amines is 1. The molecule has 0 aliphatic rings. The van der Waals surface area contributed by atoms with Gasteiger partial charge in [0, 0.05) is 28.2 Å². The molecular formula is C8H6IN3. The van der Waals surface area contributed by atoms with E-state index in [2.05, 4.69) is 37.8 Å². The van der Waals surface area contributed by atoms with Crippen LogP contribution in [0.4, 0.5) is 0 Å². The lowest BCUT2D eigenvalue weighted by molar-refractivity contribution is 1.07. The summed E-state index contributed by atoms with van der Waals surface area (Å²) in [7, 11) is 0. The Kier molecular flexibility index (Phi) is 2.07. The van der Waals surface area contributed by atoms with Crippen LogP contribution in [0.25, 0.3) is 11.4 Å². The van der Waals surface area contributed by atoms with E-state index in [1.54, 1.807) is 0 Å². The molecule has 4 heteroatoms. The Hall–Kier alpha value is -0.910. The Morgan fingerprint density at radius 3 is 2.50 bits per heavy atom. The van der Waals surface area contributed by atoms with Crippen molar-refractivity contribution < 1.29 is 0 Å². The average molecular weight is 271 g/mol. The Labute approximate surface area is 83.4 Å². The van der Waals surface area contributed by atoms with Crippen molar-refractivity contribution in [3.63, 3.8) is 0 Å². The number of nitrogens with one attached hydrogen (secondary N) is 1. The summed E-state index contributed by atoms with van der Waals surface area (Å²) in [5.41, 5.74) is 1.04. The monoisotopic (exact) mass is 271 g/mol. The van der Waals surface area contributed by atoms with Gasteiger partial charge in [0.15, 0.2) is 9.66 Å². The molecule has 0 unspecified atom stereocenters. The molecule has 1 aromatic carbocycles. The third kappa shape index (κ3) is 1.47. The summed E-state index contributed by atoms with van der Waals surface area (Å²) in [6, 6.07) is 9.89. The number of H-pyrrole nitrogens is 1. The van der Waals surface area contributed by atoms with Gasteiger partial charge >= 0.3 is 0 Å². The van der Waals surface area contributed by atoms with Crippen LogP contribution in [0.3, 0.4) is 0 Å².